The number of fused-ring (bicyclic) bond motifs is 1. The number of benzene rings is 1. The molecule has 0 saturated heterocycles. The van der Waals surface area contributed by atoms with Crippen LogP contribution in [0.15, 0.2) is 23.4 Å². The monoisotopic (exact) mass is 293 g/mol. The first kappa shape index (κ1) is 15.0. The molecule has 0 aliphatic carbocycles. The Morgan fingerprint density at radius 2 is 1.95 bits per heavy atom. The highest BCUT2D eigenvalue weighted by atomic mass is 32.2. The number of hydrogen-bond acceptors (Lipinski definition) is 3. The van der Waals surface area contributed by atoms with Crippen LogP contribution in [0.3, 0.4) is 0 Å². The summed E-state index contributed by atoms with van der Waals surface area (Å²) in [4.78, 5) is 7.48. The zero-order valence-electron chi connectivity index (χ0n) is 12.0. The molecule has 110 valence electrons. The number of anilines is 1. The van der Waals surface area contributed by atoms with Gasteiger partial charge in [-0.05, 0) is 24.6 Å². The smallest absolute Gasteiger partial charge is 0.197 e. The van der Waals surface area contributed by atoms with E-state index in [1.807, 2.05) is 18.2 Å². The summed E-state index contributed by atoms with van der Waals surface area (Å²) < 4.78 is 12.2. The number of aromatic nitrogens is 2. The first-order valence-corrected chi connectivity index (χ1v) is 8.66. The first-order chi connectivity index (χ1) is 9.70. The van der Waals surface area contributed by atoms with E-state index >= 15 is 0 Å². The third-order valence-electron chi connectivity index (χ3n) is 3.38. The summed E-state index contributed by atoms with van der Waals surface area (Å²) in [5.74, 6) is 0.682. The highest BCUT2D eigenvalue weighted by Gasteiger charge is 2.09. The summed E-state index contributed by atoms with van der Waals surface area (Å²) in [7, 11) is -1.04. The molecule has 0 saturated carbocycles. The van der Waals surface area contributed by atoms with Crippen molar-refractivity contribution in [2.45, 2.75) is 50.6 Å². The maximum Gasteiger partial charge on any atom is 0.197 e. The molecule has 1 aromatic heterocycles. The largest absolute Gasteiger partial charge is 0.399 e. The summed E-state index contributed by atoms with van der Waals surface area (Å²) in [6.45, 7) is 2.21. The molecule has 0 bridgehead atoms. The lowest BCUT2D eigenvalue weighted by Gasteiger charge is -2.00. The fourth-order valence-corrected chi connectivity index (χ4v) is 3.31. The summed E-state index contributed by atoms with van der Waals surface area (Å²) in [5.41, 5.74) is 8.10. The molecule has 3 N–H and O–H groups in total. The van der Waals surface area contributed by atoms with Crippen LogP contribution in [0.5, 0.6) is 0 Å². The van der Waals surface area contributed by atoms with Crippen molar-refractivity contribution in [1.82, 2.24) is 9.97 Å². The van der Waals surface area contributed by atoms with Crippen LogP contribution in [-0.4, -0.2) is 19.9 Å². The first-order valence-electron chi connectivity index (χ1n) is 7.34. The van der Waals surface area contributed by atoms with Crippen molar-refractivity contribution in [3.63, 3.8) is 0 Å². The van der Waals surface area contributed by atoms with Crippen LogP contribution in [0.2, 0.25) is 0 Å². The third kappa shape index (κ3) is 4.07. The highest BCUT2D eigenvalue weighted by molar-refractivity contribution is 7.84. The molecule has 4 nitrogen and oxygen atoms in total. The Hall–Kier alpha value is -1.36. The fourth-order valence-electron chi connectivity index (χ4n) is 2.22. The Morgan fingerprint density at radius 3 is 2.75 bits per heavy atom. The summed E-state index contributed by atoms with van der Waals surface area (Å²) >= 11 is 0. The number of nitrogens with one attached hydrogen (secondary N) is 1. The second-order valence-corrected chi connectivity index (χ2v) is 6.62. The lowest BCUT2D eigenvalue weighted by Crippen LogP contribution is -2.00. The van der Waals surface area contributed by atoms with Crippen LogP contribution in [0, 0.1) is 0 Å². The summed E-state index contributed by atoms with van der Waals surface area (Å²) in [5, 5.41) is 0.569. The maximum atomic E-state index is 12.2. The van der Waals surface area contributed by atoms with Crippen LogP contribution in [0.4, 0.5) is 5.69 Å². The van der Waals surface area contributed by atoms with Gasteiger partial charge in [0.25, 0.3) is 0 Å². The molecule has 1 heterocycles. The summed E-state index contributed by atoms with van der Waals surface area (Å²) in [6.07, 6.45) is 7.23. The van der Waals surface area contributed by atoms with Crippen molar-refractivity contribution >= 4 is 27.5 Å². The van der Waals surface area contributed by atoms with Crippen molar-refractivity contribution < 1.29 is 4.21 Å². The third-order valence-corrected chi connectivity index (χ3v) is 4.67. The van der Waals surface area contributed by atoms with Gasteiger partial charge in [0, 0.05) is 11.4 Å². The molecule has 5 heteroatoms. The molecule has 0 radical (unpaired) electrons. The van der Waals surface area contributed by atoms with Gasteiger partial charge in [0.1, 0.15) is 0 Å². The van der Waals surface area contributed by atoms with E-state index in [-0.39, 0.29) is 0 Å². The van der Waals surface area contributed by atoms with Gasteiger partial charge in [-0.2, -0.15) is 0 Å². The number of imidazole rings is 1. The minimum atomic E-state index is -1.04. The Morgan fingerprint density at radius 1 is 1.20 bits per heavy atom. The molecule has 0 fully saturated rings. The Labute approximate surface area is 122 Å². The van der Waals surface area contributed by atoms with Crippen molar-refractivity contribution in [2.24, 2.45) is 0 Å². The zero-order valence-corrected chi connectivity index (χ0v) is 12.8. The number of nitrogen functional groups attached to an aromatic ring is 1. The normalized spacial score (nSPS) is 12.8. The van der Waals surface area contributed by atoms with Crippen LogP contribution in [0.1, 0.15) is 45.4 Å². The average molecular weight is 293 g/mol. The van der Waals surface area contributed by atoms with Crippen molar-refractivity contribution in [2.75, 3.05) is 11.5 Å². The number of aromatic amines is 1. The number of nitrogens with zero attached hydrogens (tertiary/aromatic N) is 1. The standard InChI is InChI=1S/C15H23N3OS/c1-2-3-4-5-6-7-10-20(19)15-17-13-9-8-12(16)11-14(13)18-15/h8-9,11H,2-7,10,16H2,1H3,(H,17,18). The quantitative estimate of drug-likeness (QED) is 0.577. The van der Waals surface area contributed by atoms with Gasteiger partial charge in [-0.15, -0.1) is 0 Å². The van der Waals surface area contributed by atoms with Crippen LogP contribution >= 0.6 is 0 Å². The Balaban J connectivity index is 1.85. The molecule has 2 rings (SSSR count). The molecule has 1 aromatic carbocycles. The second-order valence-electron chi connectivity index (χ2n) is 5.14. The SMILES string of the molecule is CCCCCCCCS(=O)c1nc2ccc(N)cc2[nH]1. The van der Waals surface area contributed by atoms with Gasteiger partial charge in [-0.1, -0.05) is 39.0 Å². The van der Waals surface area contributed by atoms with Crippen molar-refractivity contribution in [3.8, 4) is 0 Å². The number of nitrogens with two attached hydrogens (primary N) is 1. The number of H-pyrrole nitrogens is 1. The molecular weight excluding hydrogens is 270 g/mol. The van der Waals surface area contributed by atoms with E-state index in [2.05, 4.69) is 16.9 Å². The van der Waals surface area contributed by atoms with E-state index in [0.29, 0.717) is 16.6 Å². The molecule has 1 unspecified atom stereocenters. The van der Waals surface area contributed by atoms with E-state index in [0.717, 1.165) is 23.9 Å². The molecular formula is C15H23N3OS. The van der Waals surface area contributed by atoms with Crippen LogP contribution in [0.25, 0.3) is 11.0 Å². The lowest BCUT2D eigenvalue weighted by molar-refractivity contribution is 0.621. The Kier molecular flexibility index (Phi) is 5.59. The van der Waals surface area contributed by atoms with Crippen molar-refractivity contribution in [3.05, 3.63) is 18.2 Å². The van der Waals surface area contributed by atoms with E-state index in [1.54, 1.807) is 0 Å². The zero-order chi connectivity index (χ0) is 14.4. The molecule has 0 spiro atoms. The van der Waals surface area contributed by atoms with Gasteiger partial charge in [-0.25, -0.2) is 4.98 Å². The fraction of sp³-hybridized carbons (Fsp3) is 0.533. The van der Waals surface area contributed by atoms with Gasteiger partial charge in [0.2, 0.25) is 0 Å². The van der Waals surface area contributed by atoms with Gasteiger partial charge < -0.3 is 10.7 Å². The molecule has 20 heavy (non-hydrogen) atoms. The summed E-state index contributed by atoms with van der Waals surface area (Å²) in [6, 6.07) is 5.49. The van der Waals surface area contributed by atoms with Gasteiger partial charge in [-0.3, -0.25) is 4.21 Å². The van der Waals surface area contributed by atoms with E-state index < -0.39 is 10.8 Å². The number of hydrogen-bond donors (Lipinski definition) is 2. The lowest BCUT2D eigenvalue weighted by atomic mass is 10.1. The topological polar surface area (TPSA) is 71.8 Å². The molecule has 0 amide bonds. The molecule has 1 atom stereocenters. The Bertz CT molecular complexity index is 580. The maximum absolute atomic E-state index is 12.2. The number of rotatable bonds is 8. The van der Waals surface area contributed by atoms with Crippen molar-refractivity contribution in [1.29, 1.82) is 0 Å². The minimum absolute atomic E-state index is 0.569. The van der Waals surface area contributed by atoms with Crippen LogP contribution in [-0.2, 0) is 10.8 Å². The average Bonchev–Trinajstić information content (AvgIpc) is 2.85. The van der Waals surface area contributed by atoms with E-state index in [1.165, 1.54) is 25.7 Å². The predicted molar refractivity (Wildman–Crippen MR) is 85.2 cm³/mol. The molecule has 2 aromatic rings. The highest BCUT2D eigenvalue weighted by Crippen LogP contribution is 2.17. The number of unbranched alkanes of at least 4 members (excludes halogenated alkanes) is 5. The van der Waals surface area contributed by atoms with Gasteiger partial charge in [0.05, 0.1) is 21.8 Å². The molecule has 0 aliphatic rings. The van der Waals surface area contributed by atoms with E-state index in [4.69, 9.17) is 5.73 Å². The molecule has 0 aliphatic heterocycles. The van der Waals surface area contributed by atoms with Gasteiger partial charge in [0.15, 0.2) is 5.16 Å². The van der Waals surface area contributed by atoms with Crippen LogP contribution < -0.4 is 5.73 Å². The minimum Gasteiger partial charge on any atom is -0.399 e. The second kappa shape index (κ2) is 7.43. The predicted octanol–water partition coefficient (Wildman–Crippen LogP) is 3.61. The van der Waals surface area contributed by atoms with E-state index in [9.17, 15) is 4.21 Å². The van der Waals surface area contributed by atoms with Gasteiger partial charge >= 0.3 is 0 Å².